The number of nitrogens with one attached hydrogen (secondary N) is 2. The summed E-state index contributed by atoms with van der Waals surface area (Å²) < 4.78 is 39.3. The van der Waals surface area contributed by atoms with Crippen molar-refractivity contribution >= 4 is 23.4 Å². The highest BCUT2D eigenvalue weighted by Crippen LogP contribution is 2.44. The van der Waals surface area contributed by atoms with E-state index in [4.69, 9.17) is 28.4 Å². The normalized spacial score (nSPS) is 41.6. The number of likely N-dealkylation sites (N-methyl/N-ethyl adjacent to an activating group) is 1. The van der Waals surface area contributed by atoms with E-state index in [-0.39, 0.29) is 37.3 Å². The summed E-state index contributed by atoms with van der Waals surface area (Å²) in [4.78, 5) is 36.4. The summed E-state index contributed by atoms with van der Waals surface area (Å²) >= 11 is 0. The second-order valence-corrected chi connectivity index (χ2v) is 21.8. The molecule has 1 aromatic carbocycles. The average molecular weight is 978 g/mol. The van der Waals surface area contributed by atoms with Gasteiger partial charge in [-0.3, -0.25) is 9.69 Å². The zero-order valence-electron chi connectivity index (χ0n) is 44.3. The fraction of sp³-hybridized carbons (Fsp3) is 0.824. The minimum atomic E-state index is -1.84. The second kappa shape index (κ2) is 23.4. The van der Waals surface area contributed by atoms with Gasteiger partial charge in [0.05, 0.1) is 35.9 Å². The molecule has 0 unspecified atom stereocenters. The van der Waals surface area contributed by atoms with Gasteiger partial charge >= 0.3 is 12.0 Å². The van der Waals surface area contributed by atoms with Crippen LogP contribution in [-0.2, 0) is 33.2 Å². The number of aliphatic hydroxyl groups is 4. The van der Waals surface area contributed by atoms with Gasteiger partial charge in [0.25, 0.3) is 0 Å². The number of carbonyl (C=O) groups excluding carboxylic acids is 2. The molecule has 0 bridgehead atoms. The van der Waals surface area contributed by atoms with Gasteiger partial charge in [-0.2, -0.15) is 0 Å². The summed E-state index contributed by atoms with van der Waals surface area (Å²) in [5.74, 6) is -2.72. The number of carbonyl (C=O) groups is 2. The van der Waals surface area contributed by atoms with Crippen molar-refractivity contribution < 1.29 is 58.4 Å². The van der Waals surface area contributed by atoms with Crippen molar-refractivity contribution in [1.29, 1.82) is 0 Å². The molecule has 0 aliphatic carbocycles. The van der Waals surface area contributed by atoms with Gasteiger partial charge < -0.3 is 74.2 Å². The highest BCUT2D eigenvalue weighted by Gasteiger charge is 2.59. The number of hydrogen-bond acceptors (Lipinski definition) is 16. The van der Waals surface area contributed by atoms with Crippen LogP contribution in [0.25, 0.3) is 0 Å². The largest absolute Gasteiger partial charge is 0.459 e. The van der Waals surface area contributed by atoms with E-state index in [0.29, 0.717) is 25.2 Å². The van der Waals surface area contributed by atoms with Gasteiger partial charge in [0.2, 0.25) is 0 Å². The highest BCUT2D eigenvalue weighted by molar-refractivity contribution is 5.89. The standard InChI is InChI=1S/C51H89N6O12/c1-16-40-50(10,62)44(58)35(6)52-29-31(2)27-48(8,61)45(69-41-26-39(25-32(3)65-41)56(14)47(60)53-37-17-19-38(20-18-37)54(11)12)33(4)43(34(5)46(59)67-40)68-42-28-49(9,64-15)51(63,36(7)66-42)30-57-23-21-55(13)22-24-57/h17-20,26,31-36,39-45,52,58,61-63H,16,21-25,27-30H2,1-15H3,(H,53,60)/t31-,32-,33+,34-,35-,36+,39-,40-,41+,42+,43+,44-,45-,48-,49-,50-,51+/m1/s1. The van der Waals surface area contributed by atoms with Crippen molar-refractivity contribution in [2.45, 2.75) is 179 Å². The monoisotopic (exact) mass is 978 g/mol. The van der Waals surface area contributed by atoms with Crippen LogP contribution in [0.2, 0.25) is 0 Å². The van der Waals surface area contributed by atoms with Crippen molar-refractivity contribution in [2.75, 3.05) is 84.8 Å². The topological polar surface area (TPSA) is 207 Å². The highest BCUT2D eigenvalue weighted by atomic mass is 16.7. The number of methoxy groups -OCH3 is 1. The first kappa shape index (κ1) is 57.2. The van der Waals surface area contributed by atoms with E-state index in [9.17, 15) is 30.0 Å². The number of nitrogens with zero attached hydrogens (tertiary/aromatic N) is 4. The summed E-state index contributed by atoms with van der Waals surface area (Å²) in [5.41, 5.74) is -4.37. The molecule has 0 aromatic heterocycles. The Labute approximate surface area is 412 Å². The molecular weight excluding hydrogens is 889 g/mol. The van der Waals surface area contributed by atoms with Crippen LogP contribution in [0, 0.1) is 24.2 Å². The van der Waals surface area contributed by atoms with Gasteiger partial charge in [0.15, 0.2) is 12.6 Å². The van der Waals surface area contributed by atoms with Crippen molar-refractivity contribution in [2.24, 2.45) is 17.8 Å². The maximum absolute atomic E-state index is 14.6. The molecule has 1 aromatic rings. The van der Waals surface area contributed by atoms with Gasteiger partial charge in [-0.15, -0.1) is 0 Å². The van der Waals surface area contributed by atoms with Gasteiger partial charge in [-0.05, 0) is 112 Å². The molecule has 69 heavy (non-hydrogen) atoms. The van der Waals surface area contributed by atoms with Gasteiger partial charge in [0, 0.05) is 103 Å². The smallest absolute Gasteiger partial charge is 0.321 e. The molecule has 4 saturated heterocycles. The number of rotatable bonds is 11. The molecule has 0 spiro atoms. The number of benzene rings is 1. The van der Waals surface area contributed by atoms with Crippen LogP contribution >= 0.6 is 0 Å². The first-order chi connectivity index (χ1) is 32.2. The summed E-state index contributed by atoms with van der Waals surface area (Å²) in [6, 6.07) is 6.21. The Morgan fingerprint density at radius 1 is 0.942 bits per heavy atom. The summed E-state index contributed by atoms with van der Waals surface area (Å²) in [5, 5.41) is 55.0. The van der Waals surface area contributed by atoms with Crippen LogP contribution < -0.4 is 15.5 Å². The van der Waals surface area contributed by atoms with Crippen LogP contribution in [-0.4, -0.2) is 205 Å². The van der Waals surface area contributed by atoms with Crippen molar-refractivity contribution in [3.8, 4) is 0 Å². The molecule has 4 heterocycles. The quantitative estimate of drug-likeness (QED) is 0.175. The summed E-state index contributed by atoms with van der Waals surface area (Å²) in [6.07, 6.45) is -4.88. The zero-order chi connectivity index (χ0) is 51.4. The number of amides is 2. The number of piperazine rings is 1. The fourth-order valence-corrected chi connectivity index (χ4v) is 10.9. The second-order valence-electron chi connectivity index (χ2n) is 21.8. The van der Waals surface area contributed by atoms with Gasteiger partial charge in [0.1, 0.15) is 29.0 Å². The number of cyclic esters (lactones) is 1. The third kappa shape index (κ3) is 13.5. The van der Waals surface area contributed by atoms with Crippen LogP contribution in [0.3, 0.4) is 0 Å². The molecule has 6 N–H and O–H groups in total. The molecule has 18 heteroatoms. The van der Waals surface area contributed by atoms with Crippen molar-refractivity contribution in [1.82, 2.24) is 20.0 Å². The molecule has 2 amide bonds. The van der Waals surface area contributed by atoms with Crippen molar-refractivity contribution in [3.05, 3.63) is 30.7 Å². The fourth-order valence-electron chi connectivity index (χ4n) is 10.9. The SMILES string of the molecule is CC[C@H]1OC(=O)[C@H](C)[C@@H](O[C@H]2C[C@@](C)(OC)[C@](O)(CN3CCN(C)CC3)[C@H](C)O2)[C@H](C)[C@@H](O[C@H]2[CH][C@H](N(C)C(=O)Nc3ccc(N(C)C)cc3)C[C@@H](C)O2)[C@](C)(O)C[C@@H](C)CN[C@H](C)[C@@H](O)[C@]1(C)O. The van der Waals surface area contributed by atoms with E-state index in [1.165, 1.54) is 6.92 Å². The lowest BCUT2D eigenvalue weighted by Gasteiger charge is -2.55. The maximum Gasteiger partial charge on any atom is 0.321 e. The predicted molar refractivity (Wildman–Crippen MR) is 265 cm³/mol. The average Bonchev–Trinajstić information content (AvgIpc) is 3.29. The number of ether oxygens (including phenoxy) is 6. The minimum absolute atomic E-state index is 0.0942. The molecule has 18 nitrogen and oxygen atoms in total. The lowest BCUT2D eigenvalue weighted by Crippen LogP contribution is -2.71. The van der Waals surface area contributed by atoms with E-state index >= 15 is 0 Å². The van der Waals surface area contributed by atoms with E-state index < -0.39 is 95.4 Å². The Hall–Kier alpha value is -2.72. The number of anilines is 2. The Morgan fingerprint density at radius 3 is 2.17 bits per heavy atom. The Bertz CT molecular complexity index is 1800. The lowest BCUT2D eigenvalue weighted by atomic mass is 9.74. The predicted octanol–water partition coefficient (Wildman–Crippen LogP) is 3.69. The molecule has 17 atom stereocenters. The lowest BCUT2D eigenvalue weighted by molar-refractivity contribution is -0.336. The van der Waals surface area contributed by atoms with Crippen LogP contribution in [0.5, 0.6) is 0 Å². The van der Waals surface area contributed by atoms with E-state index in [2.05, 4.69) is 27.5 Å². The number of urea groups is 1. The molecule has 1 radical (unpaired) electrons. The molecule has 4 fully saturated rings. The molecule has 395 valence electrons. The minimum Gasteiger partial charge on any atom is -0.459 e. The summed E-state index contributed by atoms with van der Waals surface area (Å²) in [7, 11) is 9.27. The van der Waals surface area contributed by atoms with E-state index in [1.807, 2.05) is 77.4 Å². The summed E-state index contributed by atoms with van der Waals surface area (Å²) in [6.45, 7) is 21.7. The van der Waals surface area contributed by atoms with E-state index in [0.717, 1.165) is 31.9 Å². The van der Waals surface area contributed by atoms with Gasteiger partial charge in [-0.1, -0.05) is 20.8 Å². The Morgan fingerprint density at radius 2 is 1.58 bits per heavy atom. The number of esters is 1. The number of β-amino-alcohol motifs (C(OH)–C–C–N with tert-alkyl or cyclic N) is 1. The maximum atomic E-state index is 14.6. The molecule has 4 aliphatic rings. The molecule has 4 aliphatic heterocycles. The Kier molecular flexibility index (Phi) is 19.4. The molecule has 0 saturated carbocycles. The van der Waals surface area contributed by atoms with Gasteiger partial charge in [-0.25, -0.2) is 4.79 Å². The molecular formula is C51H89N6O12. The first-order valence-corrected chi connectivity index (χ1v) is 25.2. The molecule has 5 rings (SSSR count). The third-order valence-electron chi connectivity index (χ3n) is 15.7. The number of aliphatic hydroxyl groups excluding tert-OH is 1. The van der Waals surface area contributed by atoms with Crippen LogP contribution in [0.4, 0.5) is 16.2 Å². The number of hydrogen-bond donors (Lipinski definition) is 6. The first-order valence-electron chi connectivity index (χ1n) is 25.2. The van der Waals surface area contributed by atoms with E-state index in [1.54, 1.807) is 53.7 Å². The zero-order valence-corrected chi connectivity index (χ0v) is 44.3. The van der Waals surface area contributed by atoms with Crippen molar-refractivity contribution in [3.63, 3.8) is 0 Å². The Balaban J connectivity index is 1.50. The third-order valence-corrected chi connectivity index (χ3v) is 15.7. The van der Waals surface area contributed by atoms with Crippen LogP contribution in [0.1, 0.15) is 94.9 Å². The van der Waals surface area contributed by atoms with Crippen LogP contribution in [0.15, 0.2) is 24.3 Å².